The van der Waals surface area contributed by atoms with Gasteiger partial charge < -0.3 is 19.0 Å². The number of halogens is 2. The summed E-state index contributed by atoms with van der Waals surface area (Å²) in [6.07, 6.45) is -1.94. The first-order valence-electron chi connectivity index (χ1n) is 8.34. The summed E-state index contributed by atoms with van der Waals surface area (Å²) in [5.41, 5.74) is 2.93. The molecule has 136 valence electrons. The highest BCUT2D eigenvalue weighted by Crippen LogP contribution is 2.43. The van der Waals surface area contributed by atoms with Gasteiger partial charge in [0.2, 0.25) is 5.89 Å². The van der Waals surface area contributed by atoms with Gasteiger partial charge in [0.1, 0.15) is 5.52 Å². The van der Waals surface area contributed by atoms with Gasteiger partial charge in [-0.2, -0.15) is 0 Å². The predicted octanol–water partition coefficient (Wildman–Crippen LogP) is 4.38. The maximum atomic E-state index is 13.1. The fraction of sp³-hybridized carbons (Fsp3) is 0.316. The van der Waals surface area contributed by atoms with Crippen molar-refractivity contribution < 1.29 is 27.8 Å². The average molecular weight is 361 g/mol. The zero-order valence-corrected chi connectivity index (χ0v) is 14.0. The van der Waals surface area contributed by atoms with E-state index in [0.717, 1.165) is 18.4 Å². The van der Waals surface area contributed by atoms with Crippen molar-refractivity contribution in [1.29, 1.82) is 0 Å². The van der Waals surface area contributed by atoms with Crippen molar-refractivity contribution in [3.8, 4) is 23.0 Å². The molecule has 3 aromatic rings. The van der Waals surface area contributed by atoms with Gasteiger partial charge in [0.05, 0.1) is 0 Å². The summed E-state index contributed by atoms with van der Waals surface area (Å²) in [4.78, 5) is 4.45. The lowest BCUT2D eigenvalue weighted by Crippen LogP contribution is -2.25. The van der Waals surface area contributed by atoms with Crippen LogP contribution in [0.25, 0.3) is 22.6 Å². The van der Waals surface area contributed by atoms with Crippen LogP contribution in [0.1, 0.15) is 18.9 Å². The number of aliphatic hydroxyl groups is 1. The smallest absolute Gasteiger partial charge is 0.436 e. The highest BCUT2D eigenvalue weighted by atomic mass is 19.3. The van der Waals surface area contributed by atoms with Crippen LogP contribution in [0.3, 0.4) is 0 Å². The van der Waals surface area contributed by atoms with Crippen LogP contribution in [0.4, 0.5) is 8.78 Å². The number of alkyl halides is 2. The number of aryl methyl sites for hydroxylation is 1. The minimum Gasteiger partial charge on any atom is -0.436 e. The van der Waals surface area contributed by atoms with Gasteiger partial charge in [-0.3, -0.25) is 0 Å². The first kappa shape index (κ1) is 16.8. The second-order valence-electron chi connectivity index (χ2n) is 6.48. The molecule has 0 aliphatic carbocycles. The molecule has 2 heterocycles. The first-order valence-corrected chi connectivity index (χ1v) is 8.34. The van der Waals surface area contributed by atoms with E-state index in [0.29, 0.717) is 22.6 Å². The Labute approximate surface area is 148 Å². The molecule has 1 aromatic heterocycles. The van der Waals surface area contributed by atoms with Crippen molar-refractivity contribution in [2.45, 2.75) is 26.1 Å². The summed E-state index contributed by atoms with van der Waals surface area (Å²) >= 11 is 0. The third kappa shape index (κ3) is 3.22. The third-order valence-electron chi connectivity index (χ3n) is 4.34. The highest BCUT2D eigenvalue weighted by molar-refractivity contribution is 5.77. The number of ether oxygens (including phenoxy) is 2. The van der Waals surface area contributed by atoms with E-state index in [9.17, 15) is 8.78 Å². The van der Waals surface area contributed by atoms with Crippen LogP contribution in [0.15, 0.2) is 40.8 Å². The summed E-state index contributed by atoms with van der Waals surface area (Å²) < 4.78 is 40.9. The van der Waals surface area contributed by atoms with Crippen LogP contribution in [0, 0.1) is 5.92 Å². The summed E-state index contributed by atoms with van der Waals surface area (Å²) in [7, 11) is 0. The molecule has 0 spiro atoms. The maximum absolute atomic E-state index is 13.1. The molecule has 1 aliphatic heterocycles. The standard InChI is InChI=1S/C19H17F2NO4/c1-11(10-23)2-3-12-4-6-15-14(8-12)22-18(24-15)13-5-7-16-17(9-13)26-19(20,21)25-16/h4-9,11,23H,2-3,10H2,1H3/t11-/m0/s1. The Morgan fingerprint density at radius 1 is 1.12 bits per heavy atom. The van der Waals surface area contributed by atoms with Crippen LogP contribution in [0.5, 0.6) is 11.5 Å². The number of rotatable bonds is 5. The lowest BCUT2D eigenvalue weighted by molar-refractivity contribution is -0.286. The molecule has 1 atom stereocenters. The van der Waals surface area contributed by atoms with Crippen molar-refractivity contribution >= 4 is 11.1 Å². The fourth-order valence-electron chi connectivity index (χ4n) is 2.84. The van der Waals surface area contributed by atoms with Crippen molar-refractivity contribution in [3.05, 3.63) is 42.0 Å². The van der Waals surface area contributed by atoms with Gasteiger partial charge in [0.15, 0.2) is 17.1 Å². The zero-order valence-electron chi connectivity index (χ0n) is 14.0. The van der Waals surface area contributed by atoms with Gasteiger partial charge in [0, 0.05) is 12.2 Å². The molecule has 5 nitrogen and oxygen atoms in total. The number of oxazole rings is 1. The lowest BCUT2D eigenvalue weighted by atomic mass is 10.0. The summed E-state index contributed by atoms with van der Waals surface area (Å²) in [6.45, 7) is 2.16. The fourth-order valence-corrected chi connectivity index (χ4v) is 2.84. The van der Waals surface area contributed by atoms with Gasteiger partial charge in [0.25, 0.3) is 0 Å². The van der Waals surface area contributed by atoms with Crippen molar-refractivity contribution in [2.75, 3.05) is 6.61 Å². The van der Waals surface area contributed by atoms with Crippen LogP contribution in [0.2, 0.25) is 0 Å². The Kier molecular flexibility index (Phi) is 4.03. The minimum atomic E-state index is -3.65. The molecule has 0 bridgehead atoms. The second-order valence-corrected chi connectivity index (χ2v) is 6.48. The van der Waals surface area contributed by atoms with E-state index < -0.39 is 6.29 Å². The molecule has 2 aromatic carbocycles. The van der Waals surface area contributed by atoms with Gasteiger partial charge in [-0.25, -0.2) is 4.98 Å². The number of nitrogens with zero attached hydrogens (tertiary/aromatic N) is 1. The molecule has 0 amide bonds. The Bertz CT molecular complexity index is 954. The molecule has 0 unspecified atom stereocenters. The number of fused-ring (bicyclic) bond motifs is 2. The Morgan fingerprint density at radius 2 is 1.92 bits per heavy atom. The number of hydrogen-bond donors (Lipinski definition) is 1. The Morgan fingerprint density at radius 3 is 2.73 bits per heavy atom. The van der Waals surface area contributed by atoms with E-state index in [1.165, 1.54) is 12.1 Å². The molecule has 1 aliphatic rings. The molecule has 0 radical (unpaired) electrons. The normalized spacial score (nSPS) is 16.2. The number of hydrogen-bond acceptors (Lipinski definition) is 5. The average Bonchev–Trinajstić information content (AvgIpc) is 3.17. The molecule has 4 rings (SSSR count). The molecule has 1 N–H and O–H groups in total. The highest BCUT2D eigenvalue weighted by Gasteiger charge is 2.43. The predicted molar refractivity (Wildman–Crippen MR) is 90.2 cm³/mol. The maximum Gasteiger partial charge on any atom is 0.586 e. The van der Waals surface area contributed by atoms with Crippen molar-refractivity contribution in [1.82, 2.24) is 4.98 Å². The van der Waals surface area contributed by atoms with E-state index in [1.54, 1.807) is 6.07 Å². The second kappa shape index (κ2) is 6.25. The molecule has 7 heteroatoms. The molecule has 26 heavy (non-hydrogen) atoms. The van der Waals surface area contributed by atoms with Crippen LogP contribution in [-0.2, 0) is 6.42 Å². The summed E-state index contributed by atoms with van der Waals surface area (Å²) in [5.74, 6) is 0.497. The van der Waals surface area contributed by atoms with Crippen LogP contribution < -0.4 is 9.47 Å². The minimum absolute atomic E-state index is 0.0184. The van der Waals surface area contributed by atoms with E-state index in [4.69, 9.17) is 9.52 Å². The van der Waals surface area contributed by atoms with Crippen molar-refractivity contribution in [3.63, 3.8) is 0 Å². The molecule has 0 saturated carbocycles. The SMILES string of the molecule is C[C@H](CO)CCc1ccc2oc(-c3ccc4c(c3)OC(F)(F)O4)nc2c1. The quantitative estimate of drug-likeness (QED) is 0.731. The number of benzene rings is 2. The number of aromatic nitrogens is 1. The summed E-state index contributed by atoms with van der Waals surface area (Å²) in [6, 6.07) is 10.2. The zero-order chi connectivity index (χ0) is 18.3. The van der Waals surface area contributed by atoms with E-state index >= 15 is 0 Å². The van der Waals surface area contributed by atoms with Gasteiger partial charge in [-0.05, 0) is 54.7 Å². The number of aliphatic hydroxyl groups excluding tert-OH is 1. The molecule has 0 saturated heterocycles. The van der Waals surface area contributed by atoms with Crippen LogP contribution in [-0.4, -0.2) is 23.0 Å². The first-order chi connectivity index (χ1) is 12.4. The van der Waals surface area contributed by atoms with Gasteiger partial charge in [-0.1, -0.05) is 13.0 Å². The molecular weight excluding hydrogens is 344 g/mol. The van der Waals surface area contributed by atoms with Crippen molar-refractivity contribution in [2.24, 2.45) is 5.92 Å². The topological polar surface area (TPSA) is 64.7 Å². The monoisotopic (exact) mass is 361 g/mol. The van der Waals surface area contributed by atoms with Crippen LogP contribution >= 0.6 is 0 Å². The van der Waals surface area contributed by atoms with E-state index in [1.807, 2.05) is 25.1 Å². The van der Waals surface area contributed by atoms with Gasteiger partial charge in [-0.15, -0.1) is 8.78 Å². The van der Waals surface area contributed by atoms with Gasteiger partial charge >= 0.3 is 6.29 Å². The Hall–Kier alpha value is -2.67. The third-order valence-corrected chi connectivity index (χ3v) is 4.34. The largest absolute Gasteiger partial charge is 0.586 e. The molecule has 0 fully saturated rings. The summed E-state index contributed by atoms with van der Waals surface area (Å²) in [5, 5.41) is 9.12. The molecular formula is C19H17F2NO4. The Balaban J connectivity index is 1.60. The van der Waals surface area contributed by atoms with E-state index in [2.05, 4.69) is 14.5 Å². The lowest BCUT2D eigenvalue weighted by Gasteiger charge is -2.06. The van der Waals surface area contributed by atoms with E-state index in [-0.39, 0.29) is 24.0 Å².